The Labute approximate surface area is 178 Å². The van der Waals surface area contributed by atoms with Gasteiger partial charge in [-0.2, -0.15) is 0 Å². The molecule has 0 radical (unpaired) electrons. The Morgan fingerprint density at radius 3 is 1.47 bits per heavy atom. The van der Waals surface area contributed by atoms with Gasteiger partial charge >= 0.3 is 0 Å². The van der Waals surface area contributed by atoms with Crippen LogP contribution < -0.4 is 5.11 Å². The molecular weight excluding hydrogens is 374 g/mol. The van der Waals surface area contributed by atoms with Crippen molar-refractivity contribution in [3.8, 4) is 0 Å². The highest BCUT2D eigenvalue weighted by Crippen LogP contribution is 2.58. The number of amides is 1. The van der Waals surface area contributed by atoms with Gasteiger partial charge in [-0.15, -0.1) is 0 Å². The van der Waals surface area contributed by atoms with Gasteiger partial charge in [-0.05, 0) is 34.1 Å². The molecular formula is C26H30NO3-. The summed E-state index contributed by atoms with van der Waals surface area (Å²) >= 11 is 0. The van der Waals surface area contributed by atoms with E-state index in [-0.39, 0.29) is 17.7 Å². The van der Waals surface area contributed by atoms with Gasteiger partial charge < -0.3 is 14.8 Å². The standard InChI is InChI=1S/C26H31NO3/c1-15(2)13-27(14-16(3)4)25(28)23-21-17-9-5-7-11-19(17)22(24(23)26(29)30)20-12-8-6-10-18(20)21/h5-12,15-16,21-24H,13-14H2,1-4H3,(H,29,30)/p-1/t21?,22?,23-,24+/m1/s1. The number of carbonyl (C=O) groups is 2. The molecule has 0 saturated carbocycles. The zero-order valence-corrected chi connectivity index (χ0v) is 18.2. The average molecular weight is 405 g/mol. The number of carboxylic acids is 1. The molecule has 30 heavy (non-hydrogen) atoms. The highest BCUT2D eigenvalue weighted by atomic mass is 16.4. The minimum absolute atomic E-state index is 0.0504. The fourth-order valence-electron chi connectivity index (χ4n) is 5.60. The number of benzene rings is 2. The molecule has 0 heterocycles. The molecule has 2 bridgehead atoms. The van der Waals surface area contributed by atoms with E-state index in [2.05, 4.69) is 39.8 Å². The van der Waals surface area contributed by atoms with Gasteiger partial charge in [0.1, 0.15) is 0 Å². The first-order valence-corrected chi connectivity index (χ1v) is 11.0. The molecule has 2 aromatic rings. The lowest BCUT2D eigenvalue weighted by molar-refractivity contribution is -0.314. The maximum Gasteiger partial charge on any atom is 0.227 e. The van der Waals surface area contributed by atoms with Gasteiger partial charge in [0, 0.05) is 36.8 Å². The second-order valence-corrected chi connectivity index (χ2v) is 9.61. The molecule has 5 rings (SSSR count). The van der Waals surface area contributed by atoms with E-state index in [1.807, 2.05) is 41.3 Å². The first-order valence-electron chi connectivity index (χ1n) is 11.0. The van der Waals surface area contributed by atoms with Crippen LogP contribution in [0.3, 0.4) is 0 Å². The van der Waals surface area contributed by atoms with Crippen LogP contribution in [0.5, 0.6) is 0 Å². The third kappa shape index (κ3) is 3.32. The molecule has 0 N–H and O–H groups in total. The number of aliphatic carboxylic acids is 1. The maximum absolute atomic E-state index is 13.9. The summed E-state index contributed by atoms with van der Waals surface area (Å²) in [6.45, 7) is 9.63. The van der Waals surface area contributed by atoms with Crippen molar-refractivity contribution >= 4 is 11.9 Å². The maximum atomic E-state index is 13.9. The van der Waals surface area contributed by atoms with Crippen LogP contribution in [-0.2, 0) is 9.59 Å². The van der Waals surface area contributed by atoms with Crippen molar-refractivity contribution in [3.05, 3.63) is 70.8 Å². The Hall–Kier alpha value is -2.62. The van der Waals surface area contributed by atoms with E-state index in [1.54, 1.807) is 0 Å². The Bertz CT molecular complexity index is 907. The van der Waals surface area contributed by atoms with Crippen molar-refractivity contribution in [1.82, 2.24) is 4.90 Å². The molecule has 2 atom stereocenters. The summed E-state index contributed by atoms with van der Waals surface area (Å²) in [7, 11) is 0. The first kappa shape index (κ1) is 20.6. The second-order valence-electron chi connectivity index (χ2n) is 9.61. The van der Waals surface area contributed by atoms with E-state index >= 15 is 0 Å². The predicted octanol–water partition coefficient (Wildman–Crippen LogP) is 3.40. The van der Waals surface area contributed by atoms with Gasteiger partial charge in [0.05, 0.1) is 5.92 Å². The fraction of sp³-hybridized carbons (Fsp3) is 0.462. The van der Waals surface area contributed by atoms with E-state index in [4.69, 9.17) is 0 Å². The van der Waals surface area contributed by atoms with Crippen LogP contribution in [0, 0.1) is 23.7 Å². The van der Waals surface area contributed by atoms with Crippen LogP contribution in [0.4, 0.5) is 0 Å². The third-order valence-electron chi connectivity index (χ3n) is 6.48. The summed E-state index contributed by atoms with van der Waals surface area (Å²) in [5.41, 5.74) is 4.23. The number of carbonyl (C=O) groups excluding carboxylic acids is 2. The molecule has 158 valence electrons. The average Bonchev–Trinajstić information content (AvgIpc) is 2.71. The third-order valence-corrected chi connectivity index (χ3v) is 6.48. The smallest absolute Gasteiger partial charge is 0.227 e. The topological polar surface area (TPSA) is 60.4 Å². The molecule has 3 aliphatic rings. The highest BCUT2D eigenvalue weighted by molar-refractivity contribution is 5.89. The predicted molar refractivity (Wildman–Crippen MR) is 115 cm³/mol. The quantitative estimate of drug-likeness (QED) is 0.741. The van der Waals surface area contributed by atoms with Gasteiger partial charge in [0.15, 0.2) is 0 Å². The van der Waals surface area contributed by atoms with E-state index in [9.17, 15) is 14.7 Å². The molecule has 2 aromatic carbocycles. The summed E-state index contributed by atoms with van der Waals surface area (Å²) in [5, 5.41) is 12.5. The Morgan fingerprint density at radius 2 is 1.13 bits per heavy atom. The van der Waals surface area contributed by atoms with Gasteiger partial charge in [-0.25, -0.2) is 0 Å². The fourth-order valence-corrected chi connectivity index (χ4v) is 5.60. The number of carboxylic acid groups (broad SMARTS) is 1. The Morgan fingerprint density at radius 1 is 0.767 bits per heavy atom. The number of nitrogens with zero attached hydrogens (tertiary/aromatic N) is 1. The molecule has 1 amide bonds. The Kier molecular flexibility index (Phi) is 5.44. The van der Waals surface area contributed by atoms with Crippen LogP contribution in [0.25, 0.3) is 0 Å². The molecule has 3 aliphatic carbocycles. The van der Waals surface area contributed by atoms with E-state index in [1.165, 1.54) is 0 Å². The number of hydrogen-bond donors (Lipinski definition) is 0. The van der Waals surface area contributed by atoms with Crippen LogP contribution in [0.2, 0.25) is 0 Å². The monoisotopic (exact) mass is 404 g/mol. The second kappa shape index (κ2) is 7.90. The van der Waals surface area contributed by atoms with E-state index < -0.39 is 17.8 Å². The first-order chi connectivity index (χ1) is 14.3. The van der Waals surface area contributed by atoms with E-state index in [0.717, 1.165) is 22.3 Å². The number of fused-ring (bicyclic) bond motifs is 1. The number of hydrogen-bond acceptors (Lipinski definition) is 3. The van der Waals surface area contributed by atoms with Crippen molar-refractivity contribution in [2.75, 3.05) is 13.1 Å². The zero-order valence-electron chi connectivity index (χ0n) is 18.2. The summed E-state index contributed by atoms with van der Waals surface area (Å²) in [4.78, 5) is 28.3. The molecule has 4 heteroatoms. The van der Waals surface area contributed by atoms with Gasteiger partial charge in [-0.3, -0.25) is 4.79 Å². The summed E-state index contributed by atoms with van der Waals surface area (Å²) < 4.78 is 0. The Balaban J connectivity index is 1.87. The molecule has 0 aliphatic heterocycles. The molecule has 4 nitrogen and oxygen atoms in total. The molecule has 0 aromatic heterocycles. The van der Waals surface area contributed by atoms with Gasteiger partial charge in [-0.1, -0.05) is 76.2 Å². The van der Waals surface area contributed by atoms with Crippen molar-refractivity contribution in [3.63, 3.8) is 0 Å². The molecule has 0 saturated heterocycles. The normalized spacial score (nSPS) is 23.9. The summed E-state index contributed by atoms with van der Waals surface area (Å²) in [6.07, 6.45) is 0. The summed E-state index contributed by atoms with van der Waals surface area (Å²) in [6, 6.07) is 16.0. The van der Waals surface area contributed by atoms with E-state index in [0.29, 0.717) is 24.9 Å². The minimum Gasteiger partial charge on any atom is -0.550 e. The lowest BCUT2D eigenvalue weighted by Gasteiger charge is -2.51. The van der Waals surface area contributed by atoms with Gasteiger partial charge in [0.2, 0.25) is 5.91 Å². The van der Waals surface area contributed by atoms with Crippen molar-refractivity contribution in [2.24, 2.45) is 23.7 Å². The lowest BCUT2D eigenvalue weighted by atomic mass is 9.54. The highest BCUT2D eigenvalue weighted by Gasteiger charge is 2.53. The molecule has 0 spiro atoms. The van der Waals surface area contributed by atoms with Crippen molar-refractivity contribution in [1.29, 1.82) is 0 Å². The zero-order chi connectivity index (χ0) is 21.6. The largest absolute Gasteiger partial charge is 0.550 e. The minimum atomic E-state index is -1.12. The van der Waals surface area contributed by atoms with Crippen molar-refractivity contribution in [2.45, 2.75) is 39.5 Å². The van der Waals surface area contributed by atoms with Crippen LogP contribution >= 0.6 is 0 Å². The lowest BCUT2D eigenvalue weighted by Crippen LogP contribution is -2.55. The van der Waals surface area contributed by atoms with Crippen LogP contribution in [0.15, 0.2) is 48.5 Å². The van der Waals surface area contributed by atoms with Gasteiger partial charge in [0.25, 0.3) is 0 Å². The van der Waals surface area contributed by atoms with Crippen LogP contribution in [-0.4, -0.2) is 29.9 Å². The van der Waals surface area contributed by atoms with Crippen LogP contribution in [0.1, 0.15) is 61.8 Å². The molecule has 0 fully saturated rings. The summed E-state index contributed by atoms with van der Waals surface area (Å²) in [5.74, 6) is -2.63. The van der Waals surface area contributed by atoms with Crippen molar-refractivity contribution < 1.29 is 14.7 Å². The number of rotatable bonds is 6. The SMILES string of the molecule is CC(C)CN(CC(C)C)C(=O)[C@@H]1C2c3ccccc3C(c3ccccc32)[C@@H]1C(=O)[O-]. The molecule has 0 unspecified atom stereocenters.